The van der Waals surface area contributed by atoms with E-state index < -0.39 is 0 Å². The lowest BCUT2D eigenvalue weighted by Crippen LogP contribution is -2.14. The standard InChI is InChI=1S/C11H12N4O/c1-7-6-13-15-10(7)14-11(16)9-4-3-5-12-8(9)2/h3-6H,1-2H3,(H2,13,14,15,16). The fourth-order valence-corrected chi connectivity index (χ4v) is 1.38. The highest BCUT2D eigenvalue weighted by Crippen LogP contribution is 2.11. The Morgan fingerprint density at radius 1 is 1.44 bits per heavy atom. The number of aromatic amines is 1. The minimum Gasteiger partial charge on any atom is -0.307 e. The van der Waals surface area contributed by atoms with E-state index >= 15 is 0 Å². The number of nitrogens with one attached hydrogen (secondary N) is 2. The van der Waals surface area contributed by atoms with Crippen LogP contribution < -0.4 is 5.32 Å². The normalized spacial score (nSPS) is 10.1. The number of aryl methyl sites for hydroxylation is 2. The molecule has 0 unspecified atom stereocenters. The molecule has 0 aliphatic heterocycles. The van der Waals surface area contributed by atoms with E-state index in [0.717, 1.165) is 5.56 Å². The van der Waals surface area contributed by atoms with Gasteiger partial charge in [-0.2, -0.15) is 5.10 Å². The average Bonchev–Trinajstić information content (AvgIpc) is 2.65. The van der Waals surface area contributed by atoms with Crippen molar-refractivity contribution in [3.05, 3.63) is 41.3 Å². The molecule has 2 heterocycles. The Balaban J connectivity index is 2.22. The number of carbonyl (C=O) groups is 1. The van der Waals surface area contributed by atoms with Crippen LogP contribution in [-0.4, -0.2) is 21.1 Å². The monoisotopic (exact) mass is 216 g/mol. The Kier molecular flexibility index (Phi) is 2.68. The number of hydrogen-bond donors (Lipinski definition) is 2. The molecule has 82 valence electrons. The van der Waals surface area contributed by atoms with Crippen LogP contribution in [-0.2, 0) is 0 Å². The van der Waals surface area contributed by atoms with Crippen molar-refractivity contribution in [3.63, 3.8) is 0 Å². The highest BCUT2D eigenvalue weighted by molar-refractivity contribution is 6.04. The maximum absolute atomic E-state index is 11.9. The number of anilines is 1. The van der Waals surface area contributed by atoms with E-state index in [2.05, 4.69) is 20.5 Å². The third-order valence-electron chi connectivity index (χ3n) is 2.32. The Bertz CT molecular complexity index is 518. The molecular weight excluding hydrogens is 204 g/mol. The van der Waals surface area contributed by atoms with Crippen LogP contribution in [0.4, 0.5) is 5.82 Å². The second kappa shape index (κ2) is 4.14. The summed E-state index contributed by atoms with van der Waals surface area (Å²) in [6.07, 6.45) is 3.32. The zero-order valence-electron chi connectivity index (χ0n) is 9.11. The first kappa shape index (κ1) is 10.4. The van der Waals surface area contributed by atoms with Gasteiger partial charge in [-0.15, -0.1) is 0 Å². The molecule has 16 heavy (non-hydrogen) atoms. The molecule has 5 heteroatoms. The van der Waals surface area contributed by atoms with Crippen LogP contribution in [0, 0.1) is 13.8 Å². The Labute approximate surface area is 92.9 Å². The molecule has 0 radical (unpaired) electrons. The van der Waals surface area contributed by atoms with Crippen molar-refractivity contribution in [1.29, 1.82) is 0 Å². The van der Waals surface area contributed by atoms with Crippen LogP contribution in [0.3, 0.4) is 0 Å². The molecule has 0 aliphatic carbocycles. The summed E-state index contributed by atoms with van der Waals surface area (Å²) in [4.78, 5) is 16.0. The number of amides is 1. The first-order chi connectivity index (χ1) is 7.68. The van der Waals surface area contributed by atoms with Crippen molar-refractivity contribution in [2.75, 3.05) is 5.32 Å². The summed E-state index contributed by atoms with van der Waals surface area (Å²) < 4.78 is 0. The Morgan fingerprint density at radius 2 is 2.25 bits per heavy atom. The van der Waals surface area contributed by atoms with Crippen molar-refractivity contribution in [3.8, 4) is 0 Å². The molecule has 1 amide bonds. The molecule has 0 saturated heterocycles. The van der Waals surface area contributed by atoms with Gasteiger partial charge in [0.1, 0.15) is 5.82 Å². The minimum atomic E-state index is -0.182. The molecule has 0 aromatic carbocycles. The molecule has 5 nitrogen and oxygen atoms in total. The summed E-state index contributed by atoms with van der Waals surface area (Å²) in [5.41, 5.74) is 2.17. The van der Waals surface area contributed by atoms with Gasteiger partial charge in [0.05, 0.1) is 11.8 Å². The quantitative estimate of drug-likeness (QED) is 0.802. The fourth-order valence-electron chi connectivity index (χ4n) is 1.38. The maximum Gasteiger partial charge on any atom is 0.258 e. The van der Waals surface area contributed by atoms with Crippen LogP contribution in [0.1, 0.15) is 21.6 Å². The van der Waals surface area contributed by atoms with E-state index in [9.17, 15) is 4.79 Å². The maximum atomic E-state index is 11.9. The van der Waals surface area contributed by atoms with Crippen molar-refractivity contribution >= 4 is 11.7 Å². The van der Waals surface area contributed by atoms with E-state index in [1.165, 1.54) is 0 Å². The smallest absolute Gasteiger partial charge is 0.258 e. The summed E-state index contributed by atoms with van der Waals surface area (Å²) in [7, 11) is 0. The van der Waals surface area contributed by atoms with E-state index in [1.54, 1.807) is 31.5 Å². The Morgan fingerprint density at radius 3 is 2.88 bits per heavy atom. The van der Waals surface area contributed by atoms with E-state index in [-0.39, 0.29) is 5.91 Å². The van der Waals surface area contributed by atoms with Crippen molar-refractivity contribution in [2.24, 2.45) is 0 Å². The lowest BCUT2D eigenvalue weighted by atomic mass is 10.2. The van der Waals surface area contributed by atoms with Gasteiger partial charge in [-0.25, -0.2) is 0 Å². The average molecular weight is 216 g/mol. The molecule has 0 bridgehead atoms. The molecule has 0 fully saturated rings. The van der Waals surface area contributed by atoms with Crippen LogP contribution >= 0.6 is 0 Å². The summed E-state index contributed by atoms with van der Waals surface area (Å²) in [5.74, 6) is 0.436. The highest BCUT2D eigenvalue weighted by Gasteiger charge is 2.11. The van der Waals surface area contributed by atoms with Crippen LogP contribution in [0.25, 0.3) is 0 Å². The molecule has 2 aromatic rings. The van der Waals surface area contributed by atoms with Gasteiger partial charge >= 0.3 is 0 Å². The first-order valence-electron chi connectivity index (χ1n) is 4.91. The lowest BCUT2D eigenvalue weighted by Gasteiger charge is -2.05. The lowest BCUT2D eigenvalue weighted by molar-refractivity contribution is 0.102. The van der Waals surface area contributed by atoms with Gasteiger partial charge in [0, 0.05) is 17.5 Å². The van der Waals surface area contributed by atoms with Crippen molar-refractivity contribution in [2.45, 2.75) is 13.8 Å². The predicted octanol–water partition coefficient (Wildman–Crippen LogP) is 1.67. The SMILES string of the molecule is Cc1cn[nH]c1NC(=O)c1cccnc1C. The number of carbonyl (C=O) groups excluding carboxylic acids is 1. The minimum absolute atomic E-state index is 0.182. The van der Waals surface area contributed by atoms with Gasteiger partial charge in [-0.05, 0) is 26.0 Å². The predicted molar refractivity (Wildman–Crippen MR) is 60.3 cm³/mol. The summed E-state index contributed by atoms with van der Waals surface area (Å²) in [6, 6.07) is 3.48. The molecular formula is C11H12N4O. The largest absolute Gasteiger partial charge is 0.307 e. The van der Waals surface area contributed by atoms with Gasteiger partial charge in [0.25, 0.3) is 5.91 Å². The van der Waals surface area contributed by atoms with Crippen molar-refractivity contribution in [1.82, 2.24) is 15.2 Å². The van der Waals surface area contributed by atoms with Gasteiger partial charge < -0.3 is 5.32 Å². The van der Waals surface area contributed by atoms with Crippen LogP contribution in [0.15, 0.2) is 24.5 Å². The van der Waals surface area contributed by atoms with Crippen molar-refractivity contribution < 1.29 is 4.79 Å². The number of aromatic nitrogens is 3. The molecule has 2 aromatic heterocycles. The van der Waals surface area contributed by atoms with E-state index in [4.69, 9.17) is 0 Å². The third kappa shape index (κ3) is 1.93. The molecule has 0 atom stereocenters. The second-order valence-electron chi connectivity index (χ2n) is 3.52. The topological polar surface area (TPSA) is 70.7 Å². The number of nitrogens with zero attached hydrogens (tertiary/aromatic N) is 2. The number of rotatable bonds is 2. The summed E-state index contributed by atoms with van der Waals surface area (Å²) >= 11 is 0. The summed E-state index contributed by atoms with van der Waals surface area (Å²) in [6.45, 7) is 3.67. The Hall–Kier alpha value is -2.17. The highest BCUT2D eigenvalue weighted by atomic mass is 16.1. The zero-order chi connectivity index (χ0) is 11.5. The molecule has 2 rings (SSSR count). The van der Waals surface area contributed by atoms with Gasteiger partial charge in [0.15, 0.2) is 0 Å². The summed E-state index contributed by atoms with van der Waals surface area (Å²) in [5, 5.41) is 9.31. The number of pyridine rings is 1. The van der Waals surface area contributed by atoms with Gasteiger partial charge in [-0.1, -0.05) is 0 Å². The molecule has 2 N–H and O–H groups in total. The number of hydrogen-bond acceptors (Lipinski definition) is 3. The molecule has 0 aliphatic rings. The molecule has 0 spiro atoms. The van der Waals surface area contributed by atoms with Gasteiger partial charge in [-0.3, -0.25) is 14.9 Å². The molecule has 0 saturated carbocycles. The fraction of sp³-hybridized carbons (Fsp3) is 0.182. The van der Waals surface area contributed by atoms with E-state index in [0.29, 0.717) is 17.1 Å². The first-order valence-corrected chi connectivity index (χ1v) is 4.91. The van der Waals surface area contributed by atoms with E-state index in [1.807, 2.05) is 6.92 Å². The van der Waals surface area contributed by atoms with Crippen LogP contribution in [0.5, 0.6) is 0 Å². The number of H-pyrrole nitrogens is 1. The third-order valence-corrected chi connectivity index (χ3v) is 2.32. The van der Waals surface area contributed by atoms with Crippen LogP contribution in [0.2, 0.25) is 0 Å². The van der Waals surface area contributed by atoms with Gasteiger partial charge in [0.2, 0.25) is 0 Å². The second-order valence-corrected chi connectivity index (χ2v) is 3.52. The zero-order valence-corrected chi connectivity index (χ0v) is 9.11.